The standard InChI is InChI=1S/C29H33BrO2S/c1-18-9-21(26-24(30)20-7-5-6-8-23(20)33-26)25(32-17-31-4)22(10-18)29-13-19-11-27(2,15-29)14-28(3,12-19)16-29/h5-10,19H,11-17H2,1-4H3/t19-,27+,28-,29-. The first kappa shape index (κ1) is 22.1. The van der Waals surface area contributed by atoms with Crippen LogP contribution < -0.4 is 4.74 Å². The van der Waals surface area contributed by atoms with Crippen LogP contribution in [0.25, 0.3) is 20.5 Å². The first-order valence-corrected chi connectivity index (χ1v) is 13.8. The Morgan fingerprint density at radius 2 is 1.76 bits per heavy atom. The molecule has 3 aromatic rings. The van der Waals surface area contributed by atoms with Crippen molar-refractivity contribution in [3.63, 3.8) is 0 Å². The van der Waals surface area contributed by atoms with Crippen molar-refractivity contribution in [2.24, 2.45) is 16.7 Å². The van der Waals surface area contributed by atoms with Crippen LogP contribution in [0.4, 0.5) is 0 Å². The lowest BCUT2D eigenvalue weighted by atomic mass is 9.39. The van der Waals surface area contributed by atoms with Crippen LogP contribution in [-0.2, 0) is 10.2 Å². The maximum absolute atomic E-state index is 6.50. The number of fused-ring (bicyclic) bond motifs is 1. The van der Waals surface area contributed by atoms with Crippen molar-refractivity contribution in [2.75, 3.05) is 13.9 Å². The zero-order valence-electron chi connectivity index (χ0n) is 20.1. The maximum Gasteiger partial charge on any atom is 0.188 e. The third-order valence-electron chi connectivity index (χ3n) is 8.53. The molecule has 0 radical (unpaired) electrons. The molecule has 0 saturated heterocycles. The summed E-state index contributed by atoms with van der Waals surface area (Å²) in [6.45, 7) is 7.64. The van der Waals surface area contributed by atoms with Crippen LogP contribution in [-0.4, -0.2) is 13.9 Å². The molecule has 0 unspecified atom stereocenters. The number of methoxy groups -OCH3 is 1. The average molecular weight is 526 g/mol. The largest absolute Gasteiger partial charge is 0.467 e. The van der Waals surface area contributed by atoms with Gasteiger partial charge in [-0.25, -0.2) is 0 Å². The number of ether oxygens (including phenoxy) is 2. The first-order chi connectivity index (χ1) is 15.7. The predicted octanol–water partition coefficient (Wildman–Crippen LogP) is 8.87. The van der Waals surface area contributed by atoms with Crippen LogP contribution in [0.2, 0.25) is 0 Å². The second-order valence-corrected chi connectivity index (χ2v) is 13.7. The van der Waals surface area contributed by atoms with Crippen LogP contribution in [0.15, 0.2) is 40.9 Å². The molecule has 2 aromatic carbocycles. The Kier molecular flexibility index (Phi) is 5.07. The fourth-order valence-corrected chi connectivity index (χ4v) is 10.6. The number of thiophene rings is 1. The topological polar surface area (TPSA) is 18.5 Å². The van der Waals surface area contributed by atoms with Gasteiger partial charge in [-0.05, 0) is 95.8 Å². The lowest BCUT2D eigenvalue weighted by molar-refractivity contribution is -0.110. The van der Waals surface area contributed by atoms with E-state index >= 15 is 0 Å². The predicted molar refractivity (Wildman–Crippen MR) is 141 cm³/mol. The second kappa shape index (κ2) is 7.57. The summed E-state index contributed by atoms with van der Waals surface area (Å²) in [7, 11) is 1.72. The van der Waals surface area contributed by atoms with Gasteiger partial charge in [0.1, 0.15) is 5.75 Å². The third-order valence-corrected chi connectivity index (χ3v) is 10.8. The summed E-state index contributed by atoms with van der Waals surface area (Å²) in [6, 6.07) is 13.4. The van der Waals surface area contributed by atoms with Crippen molar-refractivity contribution in [2.45, 2.75) is 64.7 Å². The van der Waals surface area contributed by atoms with E-state index in [-0.39, 0.29) is 12.2 Å². The lowest BCUT2D eigenvalue weighted by Gasteiger charge is -2.65. The fourth-order valence-electron chi connectivity index (χ4n) is 8.54. The molecule has 4 saturated carbocycles. The quantitative estimate of drug-likeness (QED) is 0.310. The minimum absolute atomic E-state index is 0.204. The van der Waals surface area contributed by atoms with Gasteiger partial charge >= 0.3 is 0 Å². The second-order valence-electron chi connectivity index (χ2n) is 11.9. The summed E-state index contributed by atoms with van der Waals surface area (Å²) in [5.41, 5.74) is 5.07. The van der Waals surface area contributed by atoms with E-state index in [0.29, 0.717) is 10.8 Å². The molecule has 0 N–H and O–H groups in total. The molecule has 4 aliphatic rings. The van der Waals surface area contributed by atoms with Crippen molar-refractivity contribution in [1.29, 1.82) is 0 Å². The van der Waals surface area contributed by atoms with E-state index in [2.05, 4.69) is 73.1 Å². The molecule has 4 heteroatoms. The minimum atomic E-state index is 0.204. The smallest absolute Gasteiger partial charge is 0.188 e. The maximum atomic E-state index is 6.50. The van der Waals surface area contributed by atoms with Gasteiger partial charge in [-0.3, -0.25) is 0 Å². The Hall–Kier alpha value is -1.36. The van der Waals surface area contributed by atoms with Gasteiger partial charge in [-0.15, -0.1) is 11.3 Å². The van der Waals surface area contributed by atoms with Crippen LogP contribution >= 0.6 is 27.3 Å². The van der Waals surface area contributed by atoms with E-state index in [9.17, 15) is 0 Å². The summed E-state index contributed by atoms with van der Waals surface area (Å²) >= 11 is 5.79. The van der Waals surface area contributed by atoms with Gasteiger partial charge < -0.3 is 9.47 Å². The van der Waals surface area contributed by atoms with E-state index < -0.39 is 0 Å². The van der Waals surface area contributed by atoms with Gasteiger partial charge in [-0.2, -0.15) is 0 Å². The third kappa shape index (κ3) is 3.51. The van der Waals surface area contributed by atoms with E-state index in [1.807, 2.05) is 11.3 Å². The molecular weight excluding hydrogens is 492 g/mol. The molecule has 4 aliphatic carbocycles. The van der Waals surface area contributed by atoms with Gasteiger partial charge in [-0.1, -0.05) is 38.1 Å². The lowest BCUT2D eigenvalue weighted by Crippen LogP contribution is -2.56. The summed E-state index contributed by atoms with van der Waals surface area (Å²) < 4.78 is 14.4. The van der Waals surface area contributed by atoms with Crippen molar-refractivity contribution in [3.05, 3.63) is 52.0 Å². The Morgan fingerprint density at radius 1 is 1.03 bits per heavy atom. The highest BCUT2D eigenvalue weighted by Gasteiger charge is 2.61. The highest BCUT2D eigenvalue weighted by atomic mass is 79.9. The highest BCUT2D eigenvalue weighted by Crippen LogP contribution is 2.71. The van der Waals surface area contributed by atoms with E-state index in [0.717, 1.165) is 11.7 Å². The molecule has 7 rings (SSSR count). The molecule has 4 fully saturated rings. The number of rotatable bonds is 5. The monoisotopic (exact) mass is 524 g/mol. The molecule has 4 atom stereocenters. The number of halogens is 1. The molecule has 0 aliphatic heterocycles. The zero-order valence-corrected chi connectivity index (χ0v) is 22.5. The molecule has 2 nitrogen and oxygen atoms in total. The molecular formula is C29H33BrO2S. The summed E-state index contributed by atoms with van der Waals surface area (Å²) in [5, 5.41) is 1.27. The summed E-state index contributed by atoms with van der Waals surface area (Å²) in [5.74, 6) is 1.88. The SMILES string of the molecule is COCOc1c(-c2sc3ccccc3c2Br)cc(C)cc1[C@@]12C[C@@H]3C[C@@](C)(C[C@@](C)(C3)C1)C2. The first-order valence-electron chi connectivity index (χ1n) is 12.2. The van der Waals surface area contributed by atoms with Gasteiger partial charge in [0, 0.05) is 38.2 Å². The van der Waals surface area contributed by atoms with E-state index in [1.165, 1.54) is 74.7 Å². The number of hydrogen-bond acceptors (Lipinski definition) is 3. The highest BCUT2D eigenvalue weighted by molar-refractivity contribution is 9.10. The van der Waals surface area contributed by atoms with E-state index in [1.54, 1.807) is 7.11 Å². The van der Waals surface area contributed by atoms with Gasteiger partial charge in [0.15, 0.2) is 6.79 Å². The van der Waals surface area contributed by atoms with Crippen LogP contribution in [0.3, 0.4) is 0 Å². The normalized spacial score (nSPS) is 32.6. The zero-order chi connectivity index (χ0) is 23.0. The Balaban J connectivity index is 1.58. The molecule has 174 valence electrons. The average Bonchev–Trinajstić information content (AvgIpc) is 3.06. The molecule has 0 amide bonds. The summed E-state index contributed by atoms with van der Waals surface area (Å²) in [6.07, 6.45) is 8.06. The van der Waals surface area contributed by atoms with Gasteiger partial charge in [0.25, 0.3) is 0 Å². The van der Waals surface area contributed by atoms with Crippen LogP contribution in [0, 0.1) is 23.7 Å². The van der Waals surface area contributed by atoms with Gasteiger partial charge in [0.05, 0.1) is 4.88 Å². The molecule has 1 aromatic heterocycles. The van der Waals surface area contributed by atoms with Crippen molar-refractivity contribution in [3.8, 4) is 16.2 Å². The molecule has 4 bridgehead atoms. The van der Waals surface area contributed by atoms with Crippen LogP contribution in [0.1, 0.15) is 63.5 Å². The Morgan fingerprint density at radius 3 is 2.42 bits per heavy atom. The fraction of sp³-hybridized carbons (Fsp3) is 0.517. The number of aryl methyl sites for hydroxylation is 1. The van der Waals surface area contributed by atoms with Gasteiger partial charge in [0.2, 0.25) is 0 Å². The molecule has 33 heavy (non-hydrogen) atoms. The van der Waals surface area contributed by atoms with Crippen LogP contribution in [0.5, 0.6) is 5.75 Å². The summed E-state index contributed by atoms with van der Waals surface area (Å²) in [4.78, 5) is 1.26. The Bertz CT molecular complexity index is 1230. The minimum Gasteiger partial charge on any atom is -0.467 e. The number of hydrogen-bond donors (Lipinski definition) is 0. The van der Waals surface area contributed by atoms with Crippen molar-refractivity contribution < 1.29 is 9.47 Å². The Labute approximate surface area is 209 Å². The van der Waals surface area contributed by atoms with Crippen molar-refractivity contribution in [1.82, 2.24) is 0 Å². The molecule has 0 spiro atoms. The molecule has 1 heterocycles. The van der Waals surface area contributed by atoms with Crippen molar-refractivity contribution >= 4 is 37.4 Å². The van der Waals surface area contributed by atoms with E-state index in [4.69, 9.17) is 9.47 Å². The number of benzene rings is 2.